The Bertz CT molecular complexity index is 996. The summed E-state index contributed by atoms with van der Waals surface area (Å²) < 4.78 is 29.0. The van der Waals surface area contributed by atoms with E-state index in [0.29, 0.717) is 17.9 Å². The van der Waals surface area contributed by atoms with Gasteiger partial charge in [0.05, 0.1) is 25.5 Å². The van der Waals surface area contributed by atoms with E-state index in [1.54, 1.807) is 19.2 Å². The minimum absolute atomic E-state index is 0.142. The van der Waals surface area contributed by atoms with E-state index in [1.165, 1.54) is 36.3 Å². The van der Waals surface area contributed by atoms with Gasteiger partial charge in [0.2, 0.25) is 5.91 Å². The lowest BCUT2D eigenvalue weighted by atomic mass is 9.97. The van der Waals surface area contributed by atoms with Crippen LogP contribution in [0.25, 0.3) is 0 Å². The van der Waals surface area contributed by atoms with Gasteiger partial charge < -0.3 is 19.1 Å². The van der Waals surface area contributed by atoms with Gasteiger partial charge in [-0.2, -0.15) is 5.10 Å². The van der Waals surface area contributed by atoms with Crippen LogP contribution in [0.2, 0.25) is 0 Å². The van der Waals surface area contributed by atoms with Crippen LogP contribution in [0.5, 0.6) is 5.75 Å². The van der Waals surface area contributed by atoms with Crippen LogP contribution in [0.1, 0.15) is 23.6 Å². The van der Waals surface area contributed by atoms with Crippen LogP contribution >= 0.6 is 0 Å². The Kier molecular flexibility index (Phi) is 8.51. The number of rotatable bonds is 10. The third-order valence-corrected chi connectivity index (χ3v) is 5.35. The second-order valence-corrected chi connectivity index (χ2v) is 7.49. The number of hydrogen-bond acceptors (Lipinski definition) is 6. The van der Waals surface area contributed by atoms with Crippen molar-refractivity contribution in [1.82, 2.24) is 9.91 Å². The van der Waals surface area contributed by atoms with Crippen molar-refractivity contribution in [3.05, 3.63) is 65.5 Å². The molecule has 0 radical (unpaired) electrons. The van der Waals surface area contributed by atoms with Crippen LogP contribution in [-0.4, -0.2) is 75.1 Å². The number of hydrazone groups is 1. The second kappa shape index (κ2) is 11.5. The molecule has 8 nitrogen and oxygen atoms in total. The Morgan fingerprint density at radius 2 is 1.82 bits per heavy atom. The molecule has 176 valence electrons. The summed E-state index contributed by atoms with van der Waals surface area (Å²) in [7, 11) is 4.52. The lowest BCUT2D eigenvalue weighted by molar-refractivity contribution is -0.144. The molecule has 0 aromatic heterocycles. The number of benzene rings is 2. The first-order valence-electron chi connectivity index (χ1n) is 10.5. The summed E-state index contributed by atoms with van der Waals surface area (Å²) in [6.45, 7) is 0.198. The predicted octanol–water partition coefficient (Wildman–Crippen LogP) is 2.63. The number of ether oxygens (including phenoxy) is 3. The number of hydrogen-bond donors (Lipinski definition) is 0. The molecular formula is C24H28FN3O5. The molecule has 2 aromatic rings. The van der Waals surface area contributed by atoms with Gasteiger partial charge in [-0.1, -0.05) is 30.3 Å². The third kappa shape index (κ3) is 5.94. The molecule has 1 heterocycles. The highest BCUT2D eigenvalue weighted by molar-refractivity contribution is 6.03. The Morgan fingerprint density at radius 1 is 1.09 bits per heavy atom. The molecule has 0 saturated carbocycles. The van der Waals surface area contributed by atoms with Crippen molar-refractivity contribution >= 4 is 17.5 Å². The molecule has 0 spiro atoms. The van der Waals surface area contributed by atoms with Crippen LogP contribution in [0.4, 0.5) is 4.39 Å². The highest BCUT2D eigenvalue weighted by Gasteiger charge is 2.35. The Labute approximate surface area is 192 Å². The fraction of sp³-hybridized carbons (Fsp3) is 0.375. The number of carbonyl (C=O) groups is 2. The molecule has 1 unspecified atom stereocenters. The quantitative estimate of drug-likeness (QED) is 0.548. The van der Waals surface area contributed by atoms with Crippen LogP contribution in [0.3, 0.4) is 0 Å². The number of methoxy groups -OCH3 is 3. The van der Waals surface area contributed by atoms with E-state index in [4.69, 9.17) is 14.2 Å². The van der Waals surface area contributed by atoms with Gasteiger partial charge in [0.25, 0.3) is 5.91 Å². The normalized spacial score (nSPS) is 15.3. The van der Waals surface area contributed by atoms with Crippen molar-refractivity contribution in [2.24, 2.45) is 5.10 Å². The highest BCUT2D eigenvalue weighted by atomic mass is 19.1. The topological polar surface area (TPSA) is 80.7 Å². The van der Waals surface area contributed by atoms with Gasteiger partial charge in [0.1, 0.15) is 24.7 Å². The van der Waals surface area contributed by atoms with Crippen molar-refractivity contribution in [2.75, 3.05) is 47.6 Å². The van der Waals surface area contributed by atoms with Crippen LogP contribution in [0.15, 0.2) is 53.6 Å². The predicted molar refractivity (Wildman–Crippen MR) is 120 cm³/mol. The molecule has 0 fully saturated rings. The summed E-state index contributed by atoms with van der Waals surface area (Å²) in [4.78, 5) is 27.2. The summed E-state index contributed by atoms with van der Waals surface area (Å²) in [6.07, 6.45) is 0.418. The standard InChI is InChI=1S/C24H28FN3O5/c1-31-13-12-27(24(30)16-32-2)15-23(29)28-21(19-6-4-5-7-22(19)33-3)14-20(26-28)17-8-10-18(25)11-9-17/h4-11,21H,12-16H2,1-3H3. The monoisotopic (exact) mass is 457 g/mol. The van der Waals surface area contributed by atoms with Gasteiger partial charge in [-0.05, 0) is 23.8 Å². The number of halogens is 1. The maximum absolute atomic E-state index is 13.4. The average Bonchev–Trinajstić information content (AvgIpc) is 3.27. The minimum Gasteiger partial charge on any atom is -0.496 e. The molecule has 2 amide bonds. The molecule has 0 aliphatic carbocycles. The van der Waals surface area contributed by atoms with E-state index < -0.39 is 6.04 Å². The molecule has 0 N–H and O–H groups in total. The SMILES string of the molecule is COCCN(CC(=O)N1N=C(c2ccc(F)cc2)CC1c1ccccc1OC)C(=O)COC. The minimum atomic E-state index is -0.435. The third-order valence-electron chi connectivity index (χ3n) is 5.35. The smallest absolute Gasteiger partial charge is 0.262 e. The number of nitrogens with zero attached hydrogens (tertiary/aromatic N) is 3. The molecule has 1 aliphatic rings. The summed E-state index contributed by atoms with van der Waals surface area (Å²) in [5.74, 6) is -0.401. The van der Waals surface area contributed by atoms with Gasteiger partial charge in [-0.25, -0.2) is 9.40 Å². The zero-order valence-electron chi connectivity index (χ0n) is 19.0. The summed E-state index contributed by atoms with van der Waals surface area (Å²) in [6, 6.07) is 13.0. The zero-order valence-corrected chi connectivity index (χ0v) is 19.0. The molecule has 1 aliphatic heterocycles. The fourth-order valence-electron chi connectivity index (χ4n) is 3.68. The van der Waals surface area contributed by atoms with Gasteiger partial charge in [-0.3, -0.25) is 9.59 Å². The maximum atomic E-state index is 13.4. The second-order valence-electron chi connectivity index (χ2n) is 7.49. The van der Waals surface area contributed by atoms with Crippen LogP contribution < -0.4 is 4.74 Å². The zero-order chi connectivity index (χ0) is 23.8. The van der Waals surface area contributed by atoms with Gasteiger partial charge in [0, 0.05) is 32.7 Å². The number of para-hydroxylation sites is 1. The molecule has 33 heavy (non-hydrogen) atoms. The van der Waals surface area contributed by atoms with E-state index in [-0.39, 0.29) is 43.9 Å². The van der Waals surface area contributed by atoms with Crippen molar-refractivity contribution in [1.29, 1.82) is 0 Å². The van der Waals surface area contributed by atoms with Gasteiger partial charge in [0.15, 0.2) is 0 Å². The van der Waals surface area contributed by atoms with Crippen LogP contribution in [-0.2, 0) is 19.1 Å². The molecule has 9 heteroatoms. The van der Waals surface area contributed by atoms with Crippen molar-refractivity contribution in [3.8, 4) is 5.75 Å². The largest absolute Gasteiger partial charge is 0.496 e. The summed E-state index contributed by atoms with van der Waals surface area (Å²) in [5.41, 5.74) is 2.16. The molecule has 3 rings (SSSR count). The van der Waals surface area contributed by atoms with E-state index in [1.807, 2.05) is 24.3 Å². The summed E-state index contributed by atoms with van der Waals surface area (Å²) in [5, 5.41) is 5.97. The van der Waals surface area contributed by atoms with E-state index in [9.17, 15) is 14.0 Å². The van der Waals surface area contributed by atoms with E-state index >= 15 is 0 Å². The maximum Gasteiger partial charge on any atom is 0.262 e. The summed E-state index contributed by atoms with van der Waals surface area (Å²) >= 11 is 0. The Balaban J connectivity index is 1.92. The lowest BCUT2D eigenvalue weighted by Gasteiger charge is -2.27. The molecular weight excluding hydrogens is 429 g/mol. The van der Waals surface area contributed by atoms with E-state index in [2.05, 4.69) is 5.10 Å². The lowest BCUT2D eigenvalue weighted by Crippen LogP contribution is -2.44. The average molecular weight is 458 g/mol. The first-order chi connectivity index (χ1) is 16.0. The highest BCUT2D eigenvalue weighted by Crippen LogP contribution is 2.37. The molecule has 2 aromatic carbocycles. The molecule has 1 atom stereocenters. The van der Waals surface area contributed by atoms with Crippen molar-refractivity contribution < 1.29 is 28.2 Å². The fourth-order valence-corrected chi connectivity index (χ4v) is 3.68. The Hall–Kier alpha value is -3.30. The van der Waals surface area contributed by atoms with Crippen molar-refractivity contribution in [3.63, 3.8) is 0 Å². The first-order valence-corrected chi connectivity index (χ1v) is 10.5. The number of carbonyl (C=O) groups excluding carboxylic acids is 2. The Morgan fingerprint density at radius 3 is 2.48 bits per heavy atom. The van der Waals surface area contributed by atoms with Crippen LogP contribution in [0, 0.1) is 5.82 Å². The first kappa shape index (κ1) is 24.3. The van der Waals surface area contributed by atoms with E-state index in [0.717, 1.165) is 11.1 Å². The van der Waals surface area contributed by atoms with Gasteiger partial charge in [-0.15, -0.1) is 0 Å². The van der Waals surface area contributed by atoms with Gasteiger partial charge >= 0.3 is 0 Å². The molecule has 0 bridgehead atoms. The van der Waals surface area contributed by atoms with Crippen molar-refractivity contribution in [2.45, 2.75) is 12.5 Å². The number of amides is 2. The molecule has 0 saturated heterocycles.